The van der Waals surface area contributed by atoms with Gasteiger partial charge in [-0.15, -0.1) is 0 Å². The SMILES string of the molecule is Cc1cc2oc(=O)cc(CC(=O)N[C@@H]3C[C@H](C)CC(C)(C)C3)c2cc1C. The van der Waals surface area contributed by atoms with Crippen molar-refractivity contribution in [2.75, 3.05) is 0 Å². The van der Waals surface area contributed by atoms with Gasteiger partial charge in [0.15, 0.2) is 0 Å². The van der Waals surface area contributed by atoms with Gasteiger partial charge in [0, 0.05) is 17.5 Å². The Balaban J connectivity index is 1.81. The molecule has 1 aliphatic carbocycles. The summed E-state index contributed by atoms with van der Waals surface area (Å²) in [5, 5.41) is 4.04. The summed E-state index contributed by atoms with van der Waals surface area (Å²) in [6.45, 7) is 10.8. The van der Waals surface area contributed by atoms with E-state index in [1.807, 2.05) is 26.0 Å². The van der Waals surface area contributed by atoms with Crippen LogP contribution in [-0.2, 0) is 11.2 Å². The van der Waals surface area contributed by atoms with Crippen LogP contribution in [0.1, 0.15) is 56.7 Å². The van der Waals surface area contributed by atoms with Crippen LogP contribution in [0.2, 0.25) is 0 Å². The molecule has 2 aromatic rings. The van der Waals surface area contributed by atoms with Gasteiger partial charge in [-0.3, -0.25) is 4.79 Å². The number of carbonyl (C=O) groups is 1. The second-order valence-electron chi connectivity index (χ2n) is 8.88. The minimum absolute atomic E-state index is 0.0231. The Morgan fingerprint density at radius 2 is 1.88 bits per heavy atom. The molecule has 1 amide bonds. The van der Waals surface area contributed by atoms with Crippen LogP contribution in [0.3, 0.4) is 0 Å². The molecule has 0 unspecified atom stereocenters. The van der Waals surface area contributed by atoms with Gasteiger partial charge >= 0.3 is 5.63 Å². The van der Waals surface area contributed by atoms with Gasteiger partial charge in [0.1, 0.15) is 5.58 Å². The van der Waals surface area contributed by atoms with Crippen molar-refractivity contribution in [3.05, 3.63) is 45.3 Å². The lowest BCUT2D eigenvalue weighted by Crippen LogP contribution is -2.43. The van der Waals surface area contributed by atoms with Crippen molar-refractivity contribution in [3.8, 4) is 0 Å². The van der Waals surface area contributed by atoms with Crippen LogP contribution in [0.25, 0.3) is 11.0 Å². The third-order valence-electron chi connectivity index (χ3n) is 5.55. The van der Waals surface area contributed by atoms with Crippen LogP contribution < -0.4 is 10.9 Å². The fraction of sp³-hybridized carbons (Fsp3) is 0.545. The number of fused-ring (bicyclic) bond motifs is 1. The largest absolute Gasteiger partial charge is 0.423 e. The highest BCUT2D eigenvalue weighted by Gasteiger charge is 2.32. The number of carbonyl (C=O) groups excluding carboxylic acids is 1. The number of rotatable bonds is 3. The average molecular weight is 355 g/mol. The summed E-state index contributed by atoms with van der Waals surface area (Å²) in [5.74, 6) is 0.587. The molecular weight excluding hydrogens is 326 g/mol. The Labute approximate surface area is 155 Å². The molecule has 140 valence electrons. The Morgan fingerprint density at radius 1 is 1.19 bits per heavy atom. The fourth-order valence-corrected chi connectivity index (χ4v) is 4.54. The summed E-state index contributed by atoms with van der Waals surface area (Å²) in [4.78, 5) is 24.6. The highest BCUT2D eigenvalue weighted by molar-refractivity contribution is 5.88. The summed E-state index contributed by atoms with van der Waals surface area (Å²) in [7, 11) is 0. The first-order valence-electron chi connectivity index (χ1n) is 9.46. The van der Waals surface area contributed by atoms with Crippen LogP contribution in [0.15, 0.2) is 27.4 Å². The highest BCUT2D eigenvalue weighted by atomic mass is 16.4. The Hall–Kier alpha value is -2.10. The number of amides is 1. The molecule has 4 nitrogen and oxygen atoms in total. The molecule has 4 heteroatoms. The first-order valence-corrected chi connectivity index (χ1v) is 9.46. The normalized spacial score (nSPS) is 22.3. The smallest absolute Gasteiger partial charge is 0.336 e. The lowest BCUT2D eigenvalue weighted by molar-refractivity contribution is -0.121. The standard InChI is InChI=1S/C22H29NO3/c1-13-6-17(12-22(4,5)11-13)23-20(24)9-16-10-21(25)26-19-8-15(3)14(2)7-18(16)19/h7-8,10,13,17H,6,9,11-12H2,1-5H3,(H,23,24)/t13-,17+/m0/s1. The first kappa shape index (κ1) is 18.7. The lowest BCUT2D eigenvalue weighted by atomic mass is 9.70. The van der Waals surface area contributed by atoms with E-state index in [1.54, 1.807) is 0 Å². The van der Waals surface area contributed by atoms with E-state index in [9.17, 15) is 9.59 Å². The molecule has 1 aromatic heterocycles. The number of hydrogen-bond acceptors (Lipinski definition) is 3. The van der Waals surface area contributed by atoms with Gasteiger partial charge in [0.25, 0.3) is 0 Å². The van der Waals surface area contributed by atoms with Crippen molar-refractivity contribution in [1.82, 2.24) is 5.32 Å². The molecule has 0 spiro atoms. The molecule has 2 atom stereocenters. The van der Waals surface area contributed by atoms with E-state index >= 15 is 0 Å². The van der Waals surface area contributed by atoms with E-state index in [0.717, 1.165) is 34.9 Å². The number of hydrogen-bond donors (Lipinski definition) is 1. The number of nitrogens with one attached hydrogen (secondary N) is 1. The molecule has 0 saturated heterocycles. The van der Waals surface area contributed by atoms with Gasteiger partial charge in [-0.1, -0.05) is 20.8 Å². The predicted octanol–water partition coefficient (Wildman–Crippen LogP) is 4.28. The van der Waals surface area contributed by atoms with Crippen molar-refractivity contribution >= 4 is 16.9 Å². The van der Waals surface area contributed by atoms with E-state index < -0.39 is 5.63 Å². The minimum Gasteiger partial charge on any atom is -0.423 e. The van der Waals surface area contributed by atoms with E-state index in [4.69, 9.17) is 4.42 Å². The highest BCUT2D eigenvalue weighted by Crippen LogP contribution is 2.38. The summed E-state index contributed by atoms with van der Waals surface area (Å²) >= 11 is 0. The van der Waals surface area contributed by atoms with Crippen LogP contribution in [-0.4, -0.2) is 11.9 Å². The van der Waals surface area contributed by atoms with Gasteiger partial charge < -0.3 is 9.73 Å². The molecule has 1 saturated carbocycles. The quantitative estimate of drug-likeness (QED) is 0.836. The Kier molecular flexibility index (Phi) is 4.96. The maximum atomic E-state index is 12.7. The lowest BCUT2D eigenvalue weighted by Gasteiger charge is -2.39. The number of aryl methyl sites for hydroxylation is 2. The second-order valence-corrected chi connectivity index (χ2v) is 8.88. The van der Waals surface area contributed by atoms with Gasteiger partial charge in [0.2, 0.25) is 5.91 Å². The molecular formula is C22H29NO3. The number of benzene rings is 1. The zero-order chi connectivity index (χ0) is 19.1. The average Bonchev–Trinajstić information content (AvgIpc) is 2.46. The second kappa shape index (κ2) is 6.90. The minimum atomic E-state index is -0.407. The summed E-state index contributed by atoms with van der Waals surface area (Å²) in [6.07, 6.45) is 3.42. The van der Waals surface area contributed by atoms with Gasteiger partial charge in [-0.25, -0.2) is 4.79 Å². The van der Waals surface area contributed by atoms with Crippen LogP contribution in [0.4, 0.5) is 0 Å². The van der Waals surface area contributed by atoms with Gasteiger partial charge in [0.05, 0.1) is 6.42 Å². The van der Waals surface area contributed by atoms with Crippen molar-refractivity contribution in [1.29, 1.82) is 0 Å². The van der Waals surface area contributed by atoms with E-state index in [-0.39, 0.29) is 23.8 Å². The van der Waals surface area contributed by atoms with E-state index in [0.29, 0.717) is 11.5 Å². The molecule has 1 aromatic carbocycles. The summed E-state index contributed by atoms with van der Waals surface area (Å²) in [5.41, 5.74) is 3.33. The fourth-order valence-electron chi connectivity index (χ4n) is 4.54. The first-order chi connectivity index (χ1) is 12.1. The van der Waals surface area contributed by atoms with Gasteiger partial charge in [-0.2, -0.15) is 0 Å². The zero-order valence-electron chi connectivity index (χ0n) is 16.4. The van der Waals surface area contributed by atoms with Crippen molar-refractivity contribution in [2.45, 2.75) is 66.3 Å². The summed E-state index contributed by atoms with van der Waals surface area (Å²) in [6, 6.07) is 5.53. The molecule has 1 fully saturated rings. The van der Waals surface area contributed by atoms with E-state index in [2.05, 4.69) is 26.1 Å². The molecule has 0 radical (unpaired) electrons. The maximum Gasteiger partial charge on any atom is 0.336 e. The van der Waals surface area contributed by atoms with Crippen LogP contribution >= 0.6 is 0 Å². The monoisotopic (exact) mass is 355 g/mol. The topological polar surface area (TPSA) is 59.3 Å². The molecule has 3 rings (SSSR count). The van der Waals surface area contributed by atoms with Crippen molar-refractivity contribution < 1.29 is 9.21 Å². The Morgan fingerprint density at radius 3 is 2.58 bits per heavy atom. The molecule has 0 aliphatic heterocycles. The summed E-state index contributed by atoms with van der Waals surface area (Å²) < 4.78 is 5.32. The zero-order valence-corrected chi connectivity index (χ0v) is 16.4. The third-order valence-corrected chi connectivity index (χ3v) is 5.55. The van der Waals surface area contributed by atoms with E-state index in [1.165, 1.54) is 12.5 Å². The Bertz CT molecular complexity index is 894. The molecule has 1 aliphatic rings. The van der Waals surface area contributed by atoms with Crippen LogP contribution in [0.5, 0.6) is 0 Å². The van der Waals surface area contributed by atoms with Crippen LogP contribution in [0, 0.1) is 25.2 Å². The molecule has 1 heterocycles. The molecule has 26 heavy (non-hydrogen) atoms. The predicted molar refractivity (Wildman–Crippen MR) is 104 cm³/mol. The third kappa shape index (κ3) is 4.17. The maximum absolute atomic E-state index is 12.7. The van der Waals surface area contributed by atoms with Crippen molar-refractivity contribution in [2.24, 2.45) is 11.3 Å². The van der Waals surface area contributed by atoms with Crippen molar-refractivity contribution in [3.63, 3.8) is 0 Å². The molecule has 0 bridgehead atoms. The molecule has 1 N–H and O–H groups in total. The van der Waals surface area contributed by atoms with Gasteiger partial charge in [-0.05, 0) is 73.3 Å².